The van der Waals surface area contributed by atoms with E-state index < -0.39 is 10.0 Å². The van der Waals surface area contributed by atoms with Crippen LogP contribution in [0.4, 0.5) is 0 Å². The van der Waals surface area contributed by atoms with Crippen LogP contribution in [0.2, 0.25) is 0 Å². The first kappa shape index (κ1) is 13.8. The number of hydrogen-bond acceptors (Lipinski definition) is 3. The summed E-state index contributed by atoms with van der Waals surface area (Å²) in [5.41, 5.74) is -0.232. The van der Waals surface area contributed by atoms with Gasteiger partial charge in [0, 0.05) is 25.0 Å². The van der Waals surface area contributed by atoms with E-state index in [4.69, 9.17) is 0 Å². The maximum atomic E-state index is 12.0. The molecule has 0 spiro atoms. The van der Waals surface area contributed by atoms with Gasteiger partial charge in [-0.25, -0.2) is 12.7 Å². The first-order chi connectivity index (χ1) is 8.44. The second kappa shape index (κ2) is 5.17. The topological polar surface area (TPSA) is 66.5 Å². The molecule has 1 heterocycles. The minimum Gasteiger partial charge on any atom is -0.354 e. The lowest BCUT2D eigenvalue weighted by Crippen LogP contribution is -2.41. The van der Waals surface area contributed by atoms with Crippen molar-refractivity contribution in [3.8, 4) is 0 Å². The van der Waals surface area contributed by atoms with Crippen LogP contribution in [0.3, 0.4) is 0 Å². The fourth-order valence-corrected chi connectivity index (χ4v) is 4.36. The van der Waals surface area contributed by atoms with Gasteiger partial charge in [0.1, 0.15) is 0 Å². The van der Waals surface area contributed by atoms with Crippen LogP contribution in [-0.2, 0) is 14.8 Å². The first-order valence-corrected chi connectivity index (χ1v) is 8.31. The number of hydrogen-bond donors (Lipinski definition) is 1. The highest BCUT2D eigenvalue weighted by molar-refractivity contribution is 7.89. The number of amides is 1. The molecule has 1 aliphatic carbocycles. The number of nitrogens with one attached hydrogen (secondary N) is 1. The van der Waals surface area contributed by atoms with E-state index in [1.54, 1.807) is 0 Å². The second-order valence-corrected chi connectivity index (χ2v) is 7.68. The van der Waals surface area contributed by atoms with Crippen molar-refractivity contribution in [2.24, 2.45) is 5.41 Å². The highest BCUT2D eigenvalue weighted by Gasteiger charge is 2.36. The van der Waals surface area contributed by atoms with Crippen molar-refractivity contribution in [3.63, 3.8) is 0 Å². The van der Waals surface area contributed by atoms with E-state index in [1.165, 1.54) is 4.31 Å². The van der Waals surface area contributed by atoms with Gasteiger partial charge >= 0.3 is 0 Å². The molecule has 104 valence electrons. The van der Waals surface area contributed by atoms with Gasteiger partial charge in [0.2, 0.25) is 15.9 Å². The number of carbonyl (C=O) groups is 1. The predicted octanol–water partition coefficient (Wildman–Crippen LogP) is 0.718. The monoisotopic (exact) mass is 274 g/mol. The summed E-state index contributed by atoms with van der Waals surface area (Å²) in [5, 5.41) is 2.88. The van der Waals surface area contributed by atoms with Gasteiger partial charge in [0.15, 0.2) is 0 Å². The van der Waals surface area contributed by atoms with Gasteiger partial charge in [0.05, 0.1) is 5.75 Å². The lowest BCUT2D eigenvalue weighted by Gasteiger charge is -2.23. The van der Waals surface area contributed by atoms with Gasteiger partial charge in [-0.2, -0.15) is 0 Å². The molecule has 2 aliphatic rings. The Bertz CT molecular complexity index is 413. The summed E-state index contributed by atoms with van der Waals surface area (Å²) < 4.78 is 24.6. The minimum atomic E-state index is -3.04. The minimum absolute atomic E-state index is 0.0802. The van der Waals surface area contributed by atoms with Gasteiger partial charge in [-0.1, -0.05) is 19.8 Å². The third-order valence-electron chi connectivity index (χ3n) is 4.11. The van der Waals surface area contributed by atoms with Crippen LogP contribution in [0.15, 0.2) is 0 Å². The van der Waals surface area contributed by atoms with Crippen molar-refractivity contribution in [1.82, 2.24) is 9.62 Å². The zero-order valence-corrected chi connectivity index (χ0v) is 11.8. The predicted molar refractivity (Wildman–Crippen MR) is 69.6 cm³/mol. The van der Waals surface area contributed by atoms with E-state index in [9.17, 15) is 13.2 Å². The summed E-state index contributed by atoms with van der Waals surface area (Å²) in [6.45, 7) is 3.43. The summed E-state index contributed by atoms with van der Waals surface area (Å²) in [4.78, 5) is 12.0. The third kappa shape index (κ3) is 2.85. The molecular formula is C12H22N2O3S. The molecule has 1 saturated heterocycles. The van der Waals surface area contributed by atoms with Gasteiger partial charge in [-0.3, -0.25) is 4.79 Å². The Hall–Kier alpha value is -0.620. The van der Waals surface area contributed by atoms with Crippen LogP contribution in [0.1, 0.15) is 39.0 Å². The maximum absolute atomic E-state index is 12.0. The Labute approximate surface area is 109 Å². The molecule has 1 aliphatic heterocycles. The van der Waals surface area contributed by atoms with Gasteiger partial charge in [0.25, 0.3) is 0 Å². The fraction of sp³-hybridized carbons (Fsp3) is 0.917. The summed E-state index contributed by atoms with van der Waals surface area (Å²) in [5.74, 6) is 0.329. The van der Waals surface area contributed by atoms with E-state index in [1.807, 2.05) is 6.92 Å². The molecule has 1 amide bonds. The average molecular weight is 274 g/mol. The zero-order valence-electron chi connectivity index (χ0n) is 10.9. The Morgan fingerprint density at radius 1 is 1.28 bits per heavy atom. The fourth-order valence-electron chi connectivity index (χ4n) is 2.83. The molecule has 2 fully saturated rings. The number of carbonyl (C=O) groups excluding carboxylic acids is 1. The molecule has 0 atom stereocenters. The molecule has 0 aromatic rings. The van der Waals surface area contributed by atoms with Crippen LogP contribution in [-0.4, -0.2) is 44.0 Å². The molecule has 0 unspecified atom stereocenters. The third-order valence-corrected chi connectivity index (χ3v) is 6.06. The van der Waals surface area contributed by atoms with Crippen LogP contribution in [0, 0.1) is 5.41 Å². The molecule has 6 heteroatoms. The number of nitrogens with zero attached hydrogens (tertiary/aromatic N) is 1. The van der Waals surface area contributed by atoms with E-state index >= 15 is 0 Å². The Morgan fingerprint density at radius 2 is 1.94 bits per heavy atom. The average Bonchev–Trinajstić information content (AvgIpc) is 2.87. The quantitative estimate of drug-likeness (QED) is 0.821. The first-order valence-electron chi connectivity index (χ1n) is 6.70. The zero-order chi connectivity index (χ0) is 13.2. The van der Waals surface area contributed by atoms with Crippen LogP contribution >= 0.6 is 0 Å². The summed E-state index contributed by atoms with van der Waals surface area (Å²) in [7, 11) is -3.04. The standard InChI is InChI=1S/C12H22N2O3S/c1-12(5-2-3-6-12)11(15)13-7-9-14-8-4-10-18(14,16)17/h2-10H2,1H3,(H,13,15). The van der Waals surface area contributed by atoms with E-state index in [-0.39, 0.29) is 17.1 Å². The van der Waals surface area contributed by atoms with E-state index in [0.717, 1.165) is 25.7 Å². The molecule has 0 aromatic heterocycles. The summed E-state index contributed by atoms with van der Waals surface area (Å²) in [6, 6.07) is 0. The van der Waals surface area contributed by atoms with E-state index in [0.29, 0.717) is 26.1 Å². The molecular weight excluding hydrogens is 252 g/mol. The summed E-state index contributed by atoms with van der Waals surface area (Å²) in [6.07, 6.45) is 4.82. The van der Waals surface area contributed by atoms with Crippen molar-refractivity contribution in [2.75, 3.05) is 25.4 Å². The lowest BCUT2D eigenvalue weighted by molar-refractivity contribution is -0.129. The molecule has 0 radical (unpaired) electrons. The van der Waals surface area contributed by atoms with Crippen LogP contribution in [0.5, 0.6) is 0 Å². The lowest BCUT2D eigenvalue weighted by atomic mass is 9.88. The molecule has 2 rings (SSSR count). The van der Waals surface area contributed by atoms with Crippen molar-refractivity contribution >= 4 is 15.9 Å². The van der Waals surface area contributed by atoms with Crippen molar-refractivity contribution in [3.05, 3.63) is 0 Å². The number of sulfonamides is 1. The summed E-state index contributed by atoms with van der Waals surface area (Å²) >= 11 is 0. The molecule has 1 N–H and O–H groups in total. The van der Waals surface area contributed by atoms with Crippen molar-refractivity contribution in [2.45, 2.75) is 39.0 Å². The molecule has 0 bridgehead atoms. The van der Waals surface area contributed by atoms with Crippen LogP contribution in [0.25, 0.3) is 0 Å². The Morgan fingerprint density at radius 3 is 2.50 bits per heavy atom. The Kier molecular flexibility index (Phi) is 3.96. The van der Waals surface area contributed by atoms with Crippen molar-refractivity contribution in [1.29, 1.82) is 0 Å². The normalized spacial score (nSPS) is 26.3. The highest BCUT2D eigenvalue weighted by Crippen LogP contribution is 2.37. The van der Waals surface area contributed by atoms with E-state index in [2.05, 4.69) is 5.32 Å². The van der Waals surface area contributed by atoms with Gasteiger partial charge in [-0.05, 0) is 19.3 Å². The molecule has 18 heavy (non-hydrogen) atoms. The largest absolute Gasteiger partial charge is 0.354 e. The van der Waals surface area contributed by atoms with Gasteiger partial charge < -0.3 is 5.32 Å². The number of rotatable bonds is 4. The molecule has 1 saturated carbocycles. The SMILES string of the molecule is CC1(C(=O)NCCN2CCCS2(=O)=O)CCCC1. The molecule has 0 aromatic carbocycles. The Balaban J connectivity index is 1.77. The van der Waals surface area contributed by atoms with Crippen LogP contribution < -0.4 is 5.32 Å². The smallest absolute Gasteiger partial charge is 0.225 e. The van der Waals surface area contributed by atoms with Crippen molar-refractivity contribution < 1.29 is 13.2 Å². The maximum Gasteiger partial charge on any atom is 0.225 e. The highest BCUT2D eigenvalue weighted by atomic mass is 32.2. The second-order valence-electron chi connectivity index (χ2n) is 5.59. The van der Waals surface area contributed by atoms with Gasteiger partial charge in [-0.15, -0.1) is 0 Å². The molecule has 5 nitrogen and oxygen atoms in total.